The molecule has 0 aliphatic carbocycles. The standard InChI is InChI=1S/C21H24ClN3O2S.CH2O2/c22-17-5-8-28-19(17)21(27)24-10-14-9-16(13-24)18-4-3-15(20(26)25(18)11-14)12-23-6-1-2-7-23;2-1-3/h3-5,8,14,16H,1-2,6-7,9-13H2;1H,(H,2,3)/t14-,16+;/m0./s1. The smallest absolute Gasteiger partial charge is 0.290 e. The van der Waals surface area contributed by atoms with Crippen molar-refractivity contribution in [2.24, 2.45) is 5.92 Å². The molecule has 9 heteroatoms. The van der Waals surface area contributed by atoms with Crippen LogP contribution < -0.4 is 5.56 Å². The molecule has 2 atom stereocenters. The van der Waals surface area contributed by atoms with E-state index in [1.165, 1.54) is 24.2 Å². The fourth-order valence-electron chi connectivity index (χ4n) is 5.05. The predicted molar refractivity (Wildman–Crippen MR) is 120 cm³/mol. The van der Waals surface area contributed by atoms with Crippen molar-refractivity contribution >= 4 is 35.3 Å². The lowest BCUT2D eigenvalue weighted by Gasteiger charge is -2.42. The number of pyridine rings is 1. The highest BCUT2D eigenvalue weighted by Crippen LogP contribution is 2.36. The van der Waals surface area contributed by atoms with E-state index < -0.39 is 0 Å². The van der Waals surface area contributed by atoms with Crippen LogP contribution in [0.4, 0.5) is 0 Å². The summed E-state index contributed by atoms with van der Waals surface area (Å²) in [5.74, 6) is 0.577. The normalized spacial score (nSPS) is 22.4. The van der Waals surface area contributed by atoms with Gasteiger partial charge in [0.25, 0.3) is 17.9 Å². The Labute approximate surface area is 189 Å². The van der Waals surface area contributed by atoms with E-state index in [2.05, 4.69) is 11.0 Å². The van der Waals surface area contributed by atoms with Gasteiger partial charge in [-0.1, -0.05) is 17.7 Å². The minimum Gasteiger partial charge on any atom is -0.483 e. The number of fused-ring (bicyclic) bond motifs is 4. The Hall–Kier alpha value is -2.16. The van der Waals surface area contributed by atoms with Crippen molar-refractivity contribution in [2.45, 2.75) is 38.3 Å². The van der Waals surface area contributed by atoms with Crippen LogP contribution in [0, 0.1) is 5.92 Å². The Morgan fingerprint density at radius 1 is 1.19 bits per heavy atom. The molecule has 2 saturated heterocycles. The van der Waals surface area contributed by atoms with Gasteiger partial charge in [-0.25, -0.2) is 0 Å². The molecule has 1 N–H and O–H groups in total. The minimum atomic E-state index is -0.250. The molecule has 7 nitrogen and oxygen atoms in total. The first-order chi connectivity index (χ1) is 15.0. The van der Waals surface area contributed by atoms with Crippen LogP contribution in [-0.2, 0) is 17.9 Å². The summed E-state index contributed by atoms with van der Waals surface area (Å²) in [4.78, 5) is 39.3. The van der Waals surface area contributed by atoms with E-state index in [-0.39, 0.29) is 23.9 Å². The van der Waals surface area contributed by atoms with Gasteiger partial charge in [-0.3, -0.25) is 19.3 Å². The van der Waals surface area contributed by atoms with Crippen molar-refractivity contribution in [3.63, 3.8) is 0 Å². The number of thiophene rings is 1. The van der Waals surface area contributed by atoms with E-state index in [0.29, 0.717) is 35.5 Å². The van der Waals surface area contributed by atoms with E-state index in [0.717, 1.165) is 37.3 Å². The van der Waals surface area contributed by atoms with E-state index in [1.54, 1.807) is 6.07 Å². The molecule has 2 bridgehead atoms. The molecular weight excluding hydrogens is 438 g/mol. The van der Waals surface area contributed by atoms with Gasteiger partial charge in [0.15, 0.2) is 0 Å². The van der Waals surface area contributed by atoms with Crippen LogP contribution in [0.15, 0.2) is 28.4 Å². The molecule has 5 heterocycles. The largest absolute Gasteiger partial charge is 0.483 e. The van der Waals surface area contributed by atoms with E-state index >= 15 is 0 Å². The summed E-state index contributed by atoms with van der Waals surface area (Å²) in [6, 6.07) is 5.92. The summed E-state index contributed by atoms with van der Waals surface area (Å²) in [7, 11) is 0. The predicted octanol–water partition coefficient (Wildman–Crippen LogP) is 3.12. The molecule has 2 aromatic rings. The van der Waals surface area contributed by atoms with Crippen molar-refractivity contribution in [3.05, 3.63) is 55.1 Å². The average molecular weight is 464 g/mol. The lowest BCUT2D eigenvalue weighted by molar-refractivity contribution is -0.122. The molecule has 0 spiro atoms. The summed E-state index contributed by atoms with van der Waals surface area (Å²) in [6.07, 6.45) is 3.51. The maximum atomic E-state index is 13.1. The van der Waals surface area contributed by atoms with Gasteiger partial charge in [0, 0.05) is 43.4 Å². The molecule has 31 heavy (non-hydrogen) atoms. The van der Waals surface area contributed by atoms with Crippen molar-refractivity contribution in [3.8, 4) is 0 Å². The average Bonchev–Trinajstić information content (AvgIpc) is 3.42. The van der Waals surface area contributed by atoms with E-state index in [9.17, 15) is 9.59 Å². The molecule has 2 fully saturated rings. The molecule has 0 aromatic carbocycles. The number of carboxylic acid groups (broad SMARTS) is 1. The van der Waals surface area contributed by atoms with Gasteiger partial charge in [-0.2, -0.15) is 0 Å². The number of piperidine rings is 1. The minimum absolute atomic E-state index is 0.0242. The van der Waals surface area contributed by atoms with Gasteiger partial charge in [0.1, 0.15) is 4.88 Å². The summed E-state index contributed by atoms with van der Waals surface area (Å²) in [5, 5.41) is 9.28. The van der Waals surface area contributed by atoms with Crippen LogP contribution in [0.25, 0.3) is 0 Å². The molecule has 0 saturated carbocycles. The molecule has 1 amide bonds. The highest BCUT2D eigenvalue weighted by atomic mass is 35.5. The molecular formula is C22H26ClN3O4S. The molecule has 166 valence electrons. The number of hydrogen-bond donors (Lipinski definition) is 1. The highest BCUT2D eigenvalue weighted by molar-refractivity contribution is 7.12. The monoisotopic (exact) mass is 463 g/mol. The summed E-state index contributed by atoms with van der Waals surface area (Å²) < 4.78 is 1.99. The van der Waals surface area contributed by atoms with Gasteiger partial charge in [0.05, 0.1) is 5.02 Å². The van der Waals surface area contributed by atoms with Gasteiger partial charge >= 0.3 is 0 Å². The van der Waals surface area contributed by atoms with E-state index in [4.69, 9.17) is 21.5 Å². The topological polar surface area (TPSA) is 82.9 Å². The lowest BCUT2D eigenvalue weighted by Crippen LogP contribution is -2.49. The Morgan fingerprint density at radius 2 is 1.94 bits per heavy atom. The third-order valence-electron chi connectivity index (χ3n) is 6.37. The number of aromatic nitrogens is 1. The number of carbonyl (C=O) groups excluding carboxylic acids is 1. The first-order valence-electron chi connectivity index (χ1n) is 10.6. The van der Waals surface area contributed by atoms with Crippen LogP contribution in [0.3, 0.4) is 0 Å². The molecule has 3 aliphatic heterocycles. The third kappa shape index (κ3) is 4.56. The molecule has 0 unspecified atom stereocenters. The van der Waals surface area contributed by atoms with Crippen LogP contribution in [-0.4, -0.2) is 58.0 Å². The second kappa shape index (κ2) is 9.54. The second-order valence-electron chi connectivity index (χ2n) is 8.39. The number of carbonyl (C=O) groups is 2. The van der Waals surface area contributed by atoms with Crippen LogP contribution in [0.1, 0.15) is 46.1 Å². The fraction of sp³-hybridized carbons (Fsp3) is 0.500. The maximum Gasteiger partial charge on any atom is 0.290 e. The first kappa shape index (κ1) is 22.0. The second-order valence-corrected chi connectivity index (χ2v) is 9.72. The SMILES string of the molecule is O=C(c1sccc1Cl)N1C[C@@H]2C[C@H](C1)c1ccc(CN3CCCC3)c(=O)n1C2.O=CO. The van der Waals surface area contributed by atoms with Crippen LogP contribution >= 0.6 is 22.9 Å². The van der Waals surface area contributed by atoms with Gasteiger partial charge in [-0.05, 0) is 55.8 Å². The van der Waals surface area contributed by atoms with Gasteiger partial charge in [-0.15, -0.1) is 11.3 Å². The van der Waals surface area contributed by atoms with Crippen molar-refractivity contribution in [1.29, 1.82) is 0 Å². The van der Waals surface area contributed by atoms with Crippen LogP contribution in [0.2, 0.25) is 5.02 Å². The molecule has 0 radical (unpaired) electrons. The van der Waals surface area contributed by atoms with E-state index in [1.807, 2.05) is 20.9 Å². The molecule has 5 rings (SSSR count). The van der Waals surface area contributed by atoms with Gasteiger partial charge < -0.3 is 14.6 Å². The number of halogens is 1. The van der Waals surface area contributed by atoms with Gasteiger partial charge in [0.2, 0.25) is 0 Å². The van der Waals surface area contributed by atoms with Crippen molar-refractivity contribution in [1.82, 2.24) is 14.4 Å². The number of likely N-dealkylation sites (tertiary alicyclic amines) is 2. The number of hydrogen-bond acceptors (Lipinski definition) is 5. The van der Waals surface area contributed by atoms with Crippen molar-refractivity contribution < 1.29 is 14.7 Å². The Bertz CT molecular complexity index is 1010. The Kier molecular flexibility index (Phi) is 6.79. The Balaban J connectivity index is 0.000000730. The highest BCUT2D eigenvalue weighted by Gasteiger charge is 2.37. The number of rotatable bonds is 3. The lowest BCUT2D eigenvalue weighted by atomic mass is 9.83. The molecule has 2 aromatic heterocycles. The van der Waals surface area contributed by atoms with Crippen molar-refractivity contribution in [2.75, 3.05) is 26.2 Å². The first-order valence-corrected chi connectivity index (χ1v) is 11.8. The third-order valence-corrected chi connectivity index (χ3v) is 7.70. The maximum absolute atomic E-state index is 13.1. The summed E-state index contributed by atoms with van der Waals surface area (Å²) in [5.41, 5.74) is 2.16. The number of nitrogens with zero attached hydrogens (tertiary/aromatic N) is 3. The zero-order chi connectivity index (χ0) is 22.0. The quantitative estimate of drug-likeness (QED) is 0.707. The zero-order valence-corrected chi connectivity index (χ0v) is 18.8. The summed E-state index contributed by atoms with van der Waals surface area (Å²) >= 11 is 7.58. The Morgan fingerprint density at radius 3 is 2.61 bits per heavy atom. The fourth-order valence-corrected chi connectivity index (χ4v) is 6.15. The summed E-state index contributed by atoms with van der Waals surface area (Å²) in [6.45, 7) is 4.76. The molecule has 3 aliphatic rings. The van der Waals surface area contributed by atoms with Crippen LogP contribution in [0.5, 0.6) is 0 Å². The number of amides is 1. The zero-order valence-electron chi connectivity index (χ0n) is 17.2.